The Kier molecular flexibility index (Phi) is 4.50. The van der Waals surface area contributed by atoms with Gasteiger partial charge in [-0.05, 0) is 12.8 Å². The molecule has 0 spiro atoms. The van der Waals surface area contributed by atoms with Gasteiger partial charge in [0, 0.05) is 19.5 Å². The molecule has 1 heterocycles. The van der Waals surface area contributed by atoms with Crippen LogP contribution in [0.4, 0.5) is 0 Å². The summed E-state index contributed by atoms with van der Waals surface area (Å²) in [5.41, 5.74) is 0. The van der Waals surface area contributed by atoms with Gasteiger partial charge < -0.3 is 9.52 Å². The molecule has 1 aromatic rings. The molecule has 2 rings (SSSR count). The van der Waals surface area contributed by atoms with Gasteiger partial charge >= 0.3 is 0 Å². The number of rotatable bonds is 5. The maximum atomic E-state index is 9.14. The Morgan fingerprint density at radius 2 is 2.06 bits per heavy atom. The Hall–Kier alpha value is -0.940. The molecule has 1 aliphatic carbocycles. The third-order valence-electron chi connectivity index (χ3n) is 3.38. The molecule has 96 valence electrons. The number of aryl methyl sites for hydroxylation is 1. The van der Waals surface area contributed by atoms with Crippen molar-refractivity contribution in [2.45, 2.75) is 51.6 Å². The fraction of sp³-hybridized carbons (Fsp3) is 0.833. The molecule has 0 bridgehead atoms. The third-order valence-corrected chi connectivity index (χ3v) is 3.38. The zero-order chi connectivity index (χ0) is 12.1. The Morgan fingerprint density at radius 3 is 2.65 bits per heavy atom. The van der Waals surface area contributed by atoms with Crippen LogP contribution in [-0.2, 0) is 6.54 Å². The van der Waals surface area contributed by atoms with Crippen molar-refractivity contribution in [1.82, 2.24) is 15.1 Å². The normalized spacial score (nSPS) is 17.8. The van der Waals surface area contributed by atoms with Crippen LogP contribution in [-0.4, -0.2) is 39.4 Å². The largest absolute Gasteiger partial charge is 0.424 e. The van der Waals surface area contributed by atoms with Crippen molar-refractivity contribution < 1.29 is 9.52 Å². The van der Waals surface area contributed by atoms with Gasteiger partial charge in [-0.25, -0.2) is 0 Å². The summed E-state index contributed by atoms with van der Waals surface area (Å²) in [5.74, 6) is 1.26. The molecule has 0 amide bonds. The van der Waals surface area contributed by atoms with Crippen LogP contribution < -0.4 is 0 Å². The molecule has 0 aromatic carbocycles. The second-order valence-electron chi connectivity index (χ2n) is 4.70. The van der Waals surface area contributed by atoms with Crippen LogP contribution in [0.3, 0.4) is 0 Å². The molecule has 0 aliphatic heterocycles. The van der Waals surface area contributed by atoms with Crippen LogP contribution in [0.2, 0.25) is 0 Å². The average Bonchev–Trinajstić information content (AvgIpc) is 2.75. The maximum Gasteiger partial charge on any atom is 0.230 e. The number of nitrogens with zero attached hydrogens (tertiary/aromatic N) is 3. The fourth-order valence-electron chi connectivity index (χ4n) is 2.54. The standard InChI is InChI=1S/C12H21N3O2/c1-10-13-14-12(17-10)9-15(7-8-16)11-5-3-2-4-6-11/h11,16H,2-9H2,1H3. The smallest absolute Gasteiger partial charge is 0.230 e. The van der Waals surface area contributed by atoms with E-state index in [0.29, 0.717) is 30.9 Å². The van der Waals surface area contributed by atoms with E-state index in [9.17, 15) is 0 Å². The lowest BCUT2D eigenvalue weighted by molar-refractivity contribution is 0.107. The van der Waals surface area contributed by atoms with Gasteiger partial charge in [-0.3, -0.25) is 4.90 Å². The zero-order valence-corrected chi connectivity index (χ0v) is 10.4. The summed E-state index contributed by atoms with van der Waals surface area (Å²) < 4.78 is 5.41. The SMILES string of the molecule is Cc1nnc(CN(CCO)C2CCCCC2)o1. The van der Waals surface area contributed by atoms with Gasteiger partial charge in [0.1, 0.15) is 0 Å². The molecule has 1 saturated carbocycles. The average molecular weight is 239 g/mol. The molecule has 0 radical (unpaired) electrons. The van der Waals surface area contributed by atoms with E-state index >= 15 is 0 Å². The van der Waals surface area contributed by atoms with Crippen molar-refractivity contribution in [2.24, 2.45) is 0 Å². The van der Waals surface area contributed by atoms with Crippen molar-refractivity contribution >= 4 is 0 Å². The van der Waals surface area contributed by atoms with Crippen molar-refractivity contribution in [1.29, 1.82) is 0 Å². The van der Waals surface area contributed by atoms with Crippen LogP contribution in [0.5, 0.6) is 0 Å². The molecule has 1 aromatic heterocycles. The van der Waals surface area contributed by atoms with Crippen LogP contribution in [0.1, 0.15) is 43.9 Å². The number of aliphatic hydroxyl groups is 1. The molecule has 1 aliphatic rings. The van der Waals surface area contributed by atoms with Crippen LogP contribution >= 0.6 is 0 Å². The highest BCUT2D eigenvalue weighted by atomic mass is 16.4. The predicted octanol–water partition coefficient (Wildman–Crippen LogP) is 1.51. The van der Waals surface area contributed by atoms with Gasteiger partial charge in [-0.15, -0.1) is 10.2 Å². The third kappa shape index (κ3) is 3.51. The fourth-order valence-corrected chi connectivity index (χ4v) is 2.54. The molecular weight excluding hydrogens is 218 g/mol. The molecule has 0 unspecified atom stereocenters. The monoisotopic (exact) mass is 239 g/mol. The molecule has 0 saturated heterocycles. The van der Waals surface area contributed by atoms with E-state index in [1.54, 1.807) is 6.92 Å². The van der Waals surface area contributed by atoms with E-state index in [1.807, 2.05) is 0 Å². The molecule has 0 atom stereocenters. The number of hydrogen-bond acceptors (Lipinski definition) is 5. The second-order valence-corrected chi connectivity index (χ2v) is 4.70. The molecule has 17 heavy (non-hydrogen) atoms. The van der Waals surface area contributed by atoms with Gasteiger partial charge in [0.15, 0.2) is 0 Å². The number of hydrogen-bond donors (Lipinski definition) is 1. The Morgan fingerprint density at radius 1 is 1.29 bits per heavy atom. The Bertz CT molecular complexity index is 334. The highest BCUT2D eigenvalue weighted by Gasteiger charge is 2.22. The summed E-state index contributed by atoms with van der Waals surface area (Å²) in [7, 11) is 0. The van der Waals surface area contributed by atoms with E-state index in [-0.39, 0.29) is 6.61 Å². The molecule has 5 heteroatoms. The van der Waals surface area contributed by atoms with Crippen LogP contribution in [0, 0.1) is 6.92 Å². The summed E-state index contributed by atoms with van der Waals surface area (Å²) in [6.45, 7) is 3.33. The lowest BCUT2D eigenvalue weighted by atomic mass is 9.94. The minimum Gasteiger partial charge on any atom is -0.424 e. The van der Waals surface area contributed by atoms with Crippen molar-refractivity contribution in [2.75, 3.05) is 13.2 Å². The first kappa shape index (κ1) is 12.5. The molecule has 1 N–H and O–H groups in total. The van der Waals surface area contributed by atoms with Crippen molar-refractivity contribution in [3.63, 3.8) is 0 Å². The van der Waals surface area contributed by atoms with E-state index < -0.39 is 0 Å². The summed E-state index contributed by atoms with van der Waals surface area (Å²) in [6, 6.07) is 0.558. The minimum absolute atomic E-state index is 0.184. The number of aromatic nitrogens is 2. The molecule has 1 fully saturated rings. The second kappa shape index (κ2) is 6.12. The van der Waals surface area contributed by atoms with Gasteiger partial charge in [0.2, 0.25) is 11.8 Å². The van der Waals surface area contributed by atoms with Crippen LogP contribution in [0.25, 0.3) is 0 Å². The van der Waals surface area contributed by atoms with E-state index in [1.165, 1.54) is 32.1 Å². The van der Waals surface area contributed by atoms with Crippen molar-refractivity contribution in [3.05, 3.63) is 11.8 Å². The minimum atomic E-state index is 0.184. The topological polar surface area (TPSA) is 62.4 Å². The summed E-state index contributed by atoms with van der Waals surface area (Å²) >= 11 is 0. The predicted molar refractivity (Wildman–Crippen MR) is 63.4 cm³/mol. The quantitative estimate of drug-likeness (QED) is 0.843. The lowest BCUT2D eigenvalue weighted by Gasteiger charge is -2.32. The van der Waals surface area contributed by atoms with Gasteiger partial charge in [-0.1, -0.05) is 19.3 Å². The highest BCUT2D eigenvalue weighted by molar-refractivity contribution is 4.83. The van der Waals surface area contributed by atoms with Crippen LogP contribution in [0.15, 0.2) is 4.42 Å². The summed E-state index contributed by atoms with van der Waals surface area (Å²) in [4.78, 5) is 2.27. The van der Waals surface area contributed by atoms with E-state index in [4.69, 9.17) is 9.52 Å². The Balaban J connectivity index is 1.95. The summed E-state index contributed by atoms with van der Waals surface area (Å²) in [6.07, 6.45) is 6.34. The first-order valence-electron chi connectivity index (χ1n) is 6.43. The van der Waals surface area contributed by atoms with Gasteiger partial charge in [-0.2, -0.15) is 0 Å². The van der Waals surface area contributed by atoms with E-state index in [2.05, 4.69) is 15.1 Å². The Labute approximate surface area is 102 Å². The maximum absolute atomic E-state index is 9.14. The summed E-state index contributed by atoms with van der Waals surface area (Å²) in [5, 5.41) is 17.0. The molecule has 5 nitrogen and oxygen atoms in total. The first-order valence-corrected chi connectivity index (χ1v) is 6.43. The van der Waals surface area contributed by atoms with Crippen molar-refractivity contribution in [3.8, 4) is 0 Å². The molecular formula is C12H21N3O2. The zero-order valence-electron chi connectivity index (χ0n) is 10.4. The van der Waals surface area contributed by atoms with Gasteiger partial charge in [0.05, 0.1) is 13.2 Å². The first-order chi connectivity index (χ1) is 8.29. The van der Waals surface area contributed by atoms with Gasteiger partial charge in [0.25, 0.3) is 0 Å². The number of aliphatic hydroxyl groups excluding tert-OH is 1. The highest BCUT2D eigenvalue weighted by Crippen LogP contribution is 2.23. The lowest BCUT2D eigenvalue weighted by Crippen LogP contribution is -2.38. The van der Waals surface area contributed by atoms with E-state index in [0.717, 1.165) is 0 Å².